The van der Waals surface area contributed by atoms with Crippen LogP contribution in [-0.2, 0) is 4.79 Å². The van der Waals surface area contributed by atoms with Crippen LogP contribution in [0.5, 0.6) is 0 Å². The largest absolute Gasteiger partial charge is 0.360 e. The maximum atomic E-state index is 12.0. The van der Waals surface area contributed by atoms with Crippen molar-refractivity contribution in [2.75, 3.05) is 37.6 Å². The fourth-order valence-electron chi connectivity index (χ4n) is 2.93. The third kappa shape index (κ3) is 6.21. The van der Waals surface area contributed by atoms with E-state index in [2.05, 4.69) is 22.5 Å². The maximum absolute atomic E-state index is 12.0. The Bertz CT molecular complexity index is 634. The van der Waals surface area contributed by atoms with Gasteiger partial charge in [0.1, 0.15) is 0 Å². The molecule has 6 nitrogen and oxygen atoms in total. The Balaban J connectivity index is 1.81. The average molecular weight is 368 g/mol. The lowest BCUT2D eigenvalue weighted by Gasteiger charge is -2.34. The van der Waals surface area contributed by atoms with Crippen LogP contribution in [0.3, 0.4) is 0 Å². The van der Waals surface area contributed by atoms with Gasteiger partial charge in [-0.3, -0.25) is 10.1 Å². The number of aryl methyl sites for hydroxylation is 1. The average Bonchev–Trinajstić information content (AvgIpc) is 2.48. The highest BCUT2D eigenvalue weighted by Gasteiger charge is 2.24. The van der Waals surface area contributed by atoms with Crippen molar-refractivity contribution in [1.82, 2.24) is 10.6 Å². The molecule has 3 N–H and O–H groups in total. The molecule has 0 spiro atoms. The smallest absolute Gasteiger partial charge is 0.322 e. The number of amides is 3. The van der Waals surface area contributed by atoms with Gasteiger partial charge in [-0.25, -0.2) is 4.79 Å². The lowest BCUT2D eigenvalue weighted by molar-refractivity contribution is -0.892. The number of halogens is 1. The molecule has 0 radical (unpaired) electrons. The summed E-state index contributed by atoms with van der Waals surface area (Å²) in [6, 6.07) is 5.48. The topological polar surface area (TPSA) is 65.9 Å². The second-order valence-electron chi connectivity index (χ2n) is 7.60. The Morgan fingerprint density at radius 2 is 1.88 bits per heavy atom. The van der Waals surface area contributed by atoms with Crippen LogP contribution in [0.1, 0.15) is 26.3 Å². The lowest BCUT2D eigenvalue weighted by atomic mass is 10.1. The number of quaternary nitrogens is 1. The molecule has 0 aromatic heterocycles. The molecule has 1 aromatic carbocycles. The first-order valence-corrected chi connectivity index (χ1v) is 8.98. The Morgan fingerprint density at radius 3 is 2.48 bits per heavy atom. The number of rotatable bonds is 3. The van der Waals surface area contributed by atoms with E-state index in [9.17, 15) is 9.59 Å². The molecule has 1 heterocycles. The van der Waals surface area contributed by atoms with Gasteiger partial charge in [0.25, 0.3) is 5.91 Å². The highest BCUT2D eigenvalue weighted by Crippen LogP contribution is 2.24. The van der Waals surface area contributed by atoms with Crippen LogP contribution in [0.25, 0.3) is 0 Å². The van der Waals surface area contributed by atoms with Crippen LogP contribution in [0.4, 0.5) is 10.5 Å². The fourth-order valence-corrected chi connectivity index (χ4v) is 3.10. The number of nitrogens with zero attached hydrogens (tertiary/aromatic N) is 1. The molecule has 1 aromatic rings. The van der Waals surface area contributed by atoms with Crippen molar-refractivity contribution < 1.29 is 14.5 Å². The number of imide groups is 1. The van der Waals surface area contributed by atoms with Crippen LogP contribution < -0.4 is 20.4 Å². The molecule has 0 saturated carbocycles. The number of hydrogen-bond acceptors (Lipinski definition) is 3. The molecule has 0 atom stereocenters. The predicted octanol–water partition coefficient (Wildman–Crippen LogP) is 0.978. The molecule has 1 aliphatic rings. The summed E-state index contributed by atoms with van der Waals surface area (Å²) in [7, 11) is 0. The van der Waals surface area contributed by atoms with E-state index in [0.717, 1.165) is 36.9 Å². The molecular weight excluding hydrogens is 340 g/mol. The standard InChI is InChI=1S/C18H27ClN4O2/c1-13-5-6-14(19)11-15(13)23-9-7-22(8-10-23)12-16(24)20-17(25)21-18(2,3)4/h5-6,11H,7-10,12H2,1-4H3,(H2,20,21,24,25)/p+1. The summed E-state index contributed by atoms with van der Waals surface area (Å²) in [5.41, 5.74) is 1.99. The Hall–Kier alpha value is -1.79. The summed E-state index contributed by atoms with van der Waals surface area (Å²) in [5, 5.41) is 5.86. The number of carbonyl (C=O) groups is 2. The number of benzene rings is 1. The maximum Gasteiger partial charge on any atom is 0.322 e. The van der Waals surface area contributed by atoms with Crippen molar-refractivity contribution in [2.24, 2.45) is 0 Å². The van der Waals surface area contributed by atoms with E-state index < -0.39 is 6.03 Å². The number of urea groups is 1. The summed E-state index contributed by atoms with van der Waals surface area (Å²) < 4.78 is 0. The van der Waals surface area contributed by atoms with Crippen molar-refractivity contribution in [1.29, 1.82) is 0 Å². The van der Waals surface area contributed by atoms with E-state index in [1.54, 1.807) is 0 Å². The second-order valence-corrected chi connectivity index (χ2v) is 8.03. The van der Waals surface area contributed by atoms with E-state index in [-0.39, 0.29) is 11.4 Å². The zero-order chi connectivity index (χ0) is 18.6. The summed E-state index contributed by atoms with van der Waals surface area (Å²) >= 11 is 6.11. The second kappa shape index (κ2) is 8.06. The molecule has 0 unspecified atom stereocenters. The minimum absolute atomic E-state index is 0.246. The van der Waals surface area contributed by atoms with E-state index in [4.69, 9.17) is 11.6 Å². The van der Waals surface area contributed by atoms with Crippen LogP contribution >= 0.6 is 11.6 Å². The number of anilines is 1. The van der Waals surface area contributed by atoms with Gasteiger partial charge in [-0.15, -0.1) is 0 Å². The fraction of sp³-hybridized carbons (Fsp3) is 0.556. The van der Waals surface area contributed by atoms with Gasteiger partial charge in [0.05, 0.1) is 26.2 Å². The van der Waals surface area contributed by atoms with Gasteiger partial charge in [-0.1, -0.05) is 17.7 Å². The molecular formula is C18H28ClN4O2+. The van der Waals surface area contributed by atoms with Crippen molar-refractivity contribution >= 4 is 29.2 Å². The molecule has 3 amide bonds. The predicted molar refractivity (Wildman–Crippen MR) is 100 cm³/mol. The van der Waals surface area contributed by atoms with Crippen molar-refractivity contribution in [3.8, 4) is 0 Å². The molecule has 0 bridgehead atoms. The van der Waals surface area contributed by atoms with Gasteiger partial charge >= 0.3 is 6.03 Å². The zero-order valence-electron chi connectivity index (χ0n) is 15.4. The minimum Gasteiger partial charge on any atom is -0.360 e. The van der Waals surface area contributed by atoms with Crippen LogP contribution in [0, 0.1) is 6.92 Å². The van der Waals surface area contributed by atoms with E-state index in [0.29, 0.717) is 6.54 Å². The molecule has 0 aliphatic carbocycles. The minimum atomic E-state index is -0.440. The first-order chi connectivity index (χ1) is 11.6. The van der Waals surface area contributed by atoms with Gasteiger partial charge in [0.2, 0.25) is 0 Å². The number of piperazine rings is 1. The molecule has 138 valence electrons. The quantitative estimate of drug-likeness (QED) is 0.746. The monoisotopic (exact) mass is 367 g/mol. The van der Waals surface area contributed by atoms with E-state index in [1.165, 1.54) is 10.5 Å². The van der Waals surface area contributed by atoms with Gasteiger partial charge in [-0.05, 0) is 45.4 Å². The highest BCUT2D eigenvalue weighted by atomic mass is 35.5. The molecule has 2 rings (SSSR count). The summed E-state index contributed by atoms with van der Waals surface area (Å²) in [4.78, 5) is 27.3. The first kappa shape index (κ1) is 19.5. The van der Waals surface area contributed by atoms with Crippen molar-refractivity contribution in [2.45, 2.75) is 33.2 Å². The SMILES string of the molecule is Cc1ccc(Cl)cc1N1CC[NH+](CC(=O)NC(=O)NC(C)(C)C)CC1. The molecule has 25 heavy (non-hydrogen) atoms. The number of nitrogens with one attached hydrogen (secondary N) is 3. The van der Waals surface area contributed by atoms with Crippen LogP contribution in [0.15, 0.2) is 18.2 Å². The van der Waals surface area contributed by atoms with Gasteiger partial charge in [0, 0.05) is 16.2 Å². The summed E-state index contributed by atoms with van der Waals surface area (Å²) in [5.74, 6) is -0.246. The normalized spacial score (nSPS) is 15.8. The molecule has 7 heteroatoms. The van der Waals surface area contributed by atoms with Gasteiger partial charge in [0.15, 0.2) is 6.54 Å². The van der Waals surface area contributed by atoms with Crippen LogP contribution in [-0.4, -0.2) is 50.2 Å². The summed E-state index contributed by atoms with van der Waals surface area (Å²) in [6.45, 7) is 11.4. The summed E-state index contributed by atoms with van der Waals surface area (Å²) in [6.07, 6.45) is 0. The third-order valence-corrected chi connectivity index (χ3v) is 4.37. The number of carbonyl (C=O) groups excluding carboxylic acids is 2. The molecule has 1 saturated heterocycles. The lowest BCUT2D eigenvalue weighted by Crippen LogP contribution is -3.16. The van der Waals surface area contributed by atoms with Crippen LogP contribution in [0.2, 0.25) is 5.02 Å². The number of hydrogen-bond donors (Lipinski definition) is 3. The van der Waals surface area contributed by atoms with Crippen molar-refractivity contribution in [3.63, 3.8) is 0 Å². The third-order valence-electron chi connectivity index (χ3n) is 4.13. The Labute approximate surface area is 154 Å². The zero-order valence-corrected chi connectivity index (χ0v) is 16.2. The van der Waals surface area contributed by atoms with E-state index >= 15 is 0 Å². The van der Waals surface area contributed by atoms with E-state index in [1.807, 2.05) is 39.0 Å². The Morgan fingerprint density at radius 1 is 1.24 bits per heavy atom. The van der Waals surface area contributed by atoms with Gasteiger partial charge < -0.3 is 15.1 Å². The molecule has 1 fully saturated rings. The first-order valence-electron chi connectivity index (χ1n) is 8.61. The Kier molecular flexibility index (Phi) is 6.30. The van der Waals surface area contributed by atoms with Gasteiger partial charge in [-0.2, -0.15) is 0 Å². The van der Waals surface area contributed by atoms with Crippen molar-refractivity contribution in [3.05, 3.63) is 28.8 Å². The molecule has 1 aliphatic heterocycles. The highest BCUT2D eigenvalue weighted by molar-refractivity contribution is 6.30.